The van der Waals surface area contributed by atoms with Gasteiger partial charge in [0.25, 0.3) is 0 Å². The van der Waals surface area contributed by atoms with Gasteiger partial charge < -0.3 is 4.90 Å². The molecule has 0 saturated heterocycles. The zero-order valence-corrected chi connectivity index (χ0v) is 13.4. The lowest BCUT2D eigenvalue weighted by molar-refractivity contribution is -0.137. The molecule has 1 amide bonds. The fourth-order valence-corrected chi connectivity index (χ4v) is 3.11. The summed E-state index contributed by atoms with van der Waals surface area (Å²) in [5, 5.41) is 0. The molecule has 0 N–H and O–H groups in total. The fourth-order valence-electron chi connectivity index (χ4n) is 2.88. The van der Waals surface area contributed by atoms with Gasteiger partial charge in [0, 0.05) is 24.9 Å². The van der Waals surface area contributed by atoms with Crippen LogP contribution in [0.15, 0.2) is 42.5 Å². The monoisotopic (exact) mass is 305 g/mol. The highest BCUT2D eigenvalue weighted by Crippen LogP contribution is 2.24. The number of benzene rings is 1. The number of rotatable bonds is 4. The van der Waals surface area contributed by atoms with E-state index < -0.39 is 0 Å². The third-order valence-corrected chi connectivity index (χ3v) is 4.36. The summed E-state index contributed by atoms with van der Waals surface area (Å²) in [4.78, 5) is 14.9. The number of alkyl halides is 1. The average molecular weight is 306 g/mol. The molecule has 0 aliphatic carbocycles. The van der Waals surface area contributed by atoms with Crippen molar-refractivity contribution in [2.24, 2.45) is 11.8 Å². The zero-order chi connectivity index (χ0) is 15.1. The molecule has 0 fully saturated rings. The second-order valence-corrected chi connectivity index (χ2v) is 6.14. The second kappa shape index (κ2) is 8.23. The van der Waals surface area contributed by atoms with Crippen LogP contribution >= 0.6 is 11.6 Å². The Bertz CT molecular complexity index is 471. The lowest BCUT2D eigenvalue weighted by Crippen LogP contribution is -2.38. The van der Waals surface area contributed by atoms with Gasteiger partial charge in [0.05, 0.1) is 0 Å². The summed E-state index contributed by atoms with van der Waals surface area (Å²) in [6, 6.07) is 10.2. The Kier molecular flexibility index (Phi) is 6.31. The van der Waals surface area contributed by atoms with Crippen LogP contribution in [0.25, 0.3) is 0 Å². The molecular formula is C18H24ClNO. The molecule has 0 spiro atoms. The predicted molar refractivity (Wildman–Crippen MR) is 88.2 cm³/mol. The van der Waals surface area contributed by atoms with Crippen LogP contribution in [0, 0.1) is 11.8 Å². The summed E-state index contributed by atoms with van der Waals surface area (Å²) >= 11 is 5.91. The molecule has 114 valence electrons. The van der Waals surface area contributed by atoms with Crippen molar-refractivity contribution >= 4 is 17.5 Å². The van der Waals surface area contributed by atoms with E-state index >= 15 is 0 Å². The van der Waals surface area contributed by atoms with Gasteiger partial charge in [-0.3, -0.25) is 4.79 Å². The standard InChI is InChI=1S/C18H24ClNO/c1-15-8-4-3-7-13-20(18(21)17(15)11-12-19)14-16-9-5-2-6-10-16/h2,4-6,8-10,15,17H,3,7,11-14H2,1H3/b8-4+/t15-,17+/m0/s1. The van der Waals surface area contributed by atoms with Crippen molar-refractivity contribution in [3.8, 4) is 0 Å². The number of allylic oxidation sites excluding steroid dienone is 2. The summed E-state index contributed by atoms with van der Waals surface area (Å²) < 4.78 is 0. The van der Waals surface area contributed by atoms with Crippen LogP contribution in [0.4, 0.5) is 0 Å². The van der Waals surface area contributed by atoms with Gasteiger partial charge in [-0.25, -0.2) is 0 Å². The van der Waals surface area contributed by atoms with Gasteiger partial charge in [0.15, 0.2) is 0 Å². The lowest BCUT2D eigenvalue weighted by Gasteiger charge is -2.28. The van der Waals surface area contributed by atoms with Gasteiger partial charge in [-0.1, -0.05) is 49.4 Å². The SMILES string of the molecule is C[C@H]1/C=C/CCCN(Cc2ccccc2)C(=O)[C@@H]1CCCl. The number of nitrogens with zero attached hydrogens (tertiary/aromatic N) is 1. The van der Waals surface area contributed by atoms with Gasteiger partial charge in [0.1, 0.15) is 0 Å². The average Bonchev–Trinajstić information content (AvgIpc) is 2.56. The highest BCUT2D eigenvalue weighted by Gasteiger charge is 2.28. The Labute approximate surface area is 132 Å². The van der Waals surface area contributed by atoms with Crippen molar-refractivity contribution in [2.45, 2.75) is 32.7 Å². The van der Waals surface area contributed by atoms with Crippen molar-refractivity contribution in [3.05, 3.63) is 48.0 Å². The van der Waals surface area contributed by atoms with E-state index in [0.717, 1.165) is 25.8 Å². The van der Waals surface area contributed by atoms with Gasteiger partial charge in [-0.2, -0.15) is 0 Å². The Morgan fingerprint density at radius 2 is 2.05 bits per heavy atom. The number of amides is 1. The van der Waals surface area contributed by atoms with E-state index in [9.17, 15) is 4.79 Å². The van der Waals surface area contributed by atoms with Gasteiger partial charge in [-0.15, -0.1) is 11.6 Å². The molecule has 0 bridgehead atoms. The minimum Gasteiger partial charge on any atom is -0.338 e. The molecule has 21 heavy (non-hydrogen) atoms. The van der Waals surface area contributed by atoms with E-state index in [-0.39, 0.29) is 17.7 Å². The lowest BCUT2D eigenvalue weighted by atomic mass is 9.89. The molecule has 1 aromatic rings. The van der Waals surface area contributed by atoms with Crippen LogP contribution in [0.5, 0.6) is 0 Å². The first-order valence-electron chi connectivity index (χ1n) is 7.77. The molecule has 0 saturated carbocycles. The largest absolute Gasteiger partial charge is 0.338 e. The second-order valence-electron chi connectivity index (χ2n) is 5.76. The Balaban J connectivity index is 2.16. The first-order chi connectivity index (χ1) is 10.2. The van der Waals surface area contributed by atoms with Crippen LogP contribution in [-0.4, -0.2) is 23.2 Å². The molecule has 0 unspecified atom stereocenters. The first kappa shape index (κ1) is 16.1. The van der Waals surface area contributed by atoms with Crippen LogP contribution in [-0.2, 0) is 11.3 Å². The van der Waals surface area contributed by atoms with Gasteiger partial charge >= 0.3 is 0 Å². The first-order valence-corrected chi connectivity index (χ1v) is 8.31. The number of halogens is 1. The van der Waals surface area contributed by atoms with E-state index in [1.54, 1.807) is 0 Å². The Morgan fingerprint density at radius 3 is 2.76 bits per heavy atom. The van der Waals surface area contributed by atoms with Crippen LogP contribution in [0.1, 0.15) is 31.7 Å². The van der Waals surface area contributed by atoms with Crippen LogP contribution in [0.3, 0.4) is 0 Å². The smallest absolute Gasteiger partial charge is 0.226 e. The van der Waals surface area contributed by atoms with E-state index in [0.29, 0.717) is 12.4 Å². The molecule has 0 aromatic heterocycles. The molecule has 2 rings (SSSR count). The Hall–Kier alpha value is -1.28. The molecule has 1 heterocycles. The minimum atomic E-state index is 0.000521. The quantitative estimate of drug-likeness (QED) is 0.601. The Morgan fingerprint density at radius 1 is 1.29 bits per heavy atom. The maximum atomic E-state index is 12.9. The van der Waals surface area contributed by atoms with Crippen molar-refractivity contribution in [3.63, 3.8) is 0 Å². The van der Waals surface area contributed by atoms with E-state index in [2.05, 4.69) is 31.2 Å². The fraction of sp³-hybridized carbons (Fsp3) is 0.500. The third kappa shape index (κ3) is 4.60. The summed E-state index contributed by atoms with van der Waals surface area (Å²) in [5.41, 5.74) is 1.19. The van der Waals surface area contributed by atoms with Crippen LogP contribution in [0.2, 0.25) is 0 Å². The highest BCUT2D eigenvalue weighted by atomic mass is 35.5. The van der Waals surface area contributed by atoms with Crippen molar-refractivity contribution in [1.29, 1.82) is 0 Å². The van der Waals surface area contributed by atoms with E-state index in [4.69, 9.17) is 11.6 Å². The molecule has 2 nitrogen and oxygen atoms in total. The number of hydrogen-bond acceptors (Lipinski definition) is 1. The van der Waals surface area contributed by atoms with E-state index in [1.165, 1.54) is 5.56 Å². The summed E-state index contributed by atoms with van der Waals surface area (Å²) in [6.07, 6.45) is 7.20. The van der Waals surface area contributed by atoms with Crippen molar-refractivity contribution in [1.82, 2.24) is 4.90 Å². The summed E-state index contributed by atoms with van der Waals surface area (Å²) in [7, 11) is 0. The molecule has 1 aliphatic heterocycles. The summed E-state index contributed by atoms with van der Waals surface area (Å²) in [6.45, 7) is 3.65. The van der Waals surface area contributed by atoms with E-state index in [1.807, 2.05) is 23.1 Å². The number of carbonyl (C=O) groups is 1. The van der Waals surface area contributed by atoms with Crippen molar-refractivity contribution < 1.29 is 4.79 Å². The van der Waals surface area contributed by atoms with Crippen molar-refractivity contribution in [2.75, 3.05) is 12.4 Å². The number of hydrogen-bond donors (Lipinski definition) is 0. The minimum absolute atomic E-state index is 0.000521. The molecule has 0 radical (unpaired) electrons. The molecule has 2 atom stereocenters. The summed E-state index contributed by atoms with van der Waals surface area (Å²) in [5.74, 6) is 1.04. The van der Waals surface area contributed by atoms with Gasteiger partial charge in [-0.05, 0) is 30.7 Å². The maximum Gasteiger partial charge on any atom is 0.226 e. The highest BCUT2D eigenvalue weighted by molar-refractivity contribution is 6.18. The van der Waals surface area contributed by atoms with Gasteiger partial charge in [0.2, 0.25) is 5.91 Å². The molecule has 3 heteroatoms. The predicted octanol–water partition coefficient (Wildman–Crippen LogP) is 4.25. The van der Waals surface area contributed by atoms with Crippen LogP contribution < -0.4 is 0 Å². The zero-order valence-electron chi connectivity index (χ0n) is 12.7. The molecule has 1 aromatic carbocycles. The number of carbonyl (C=O) groups excluding carboxylic acids is 1. The topological polar surface area (TPSA) is 20.3 Å². The molecule has 1 aliphatic rings. The molecular weight excluding hydrogens is 282 g/mol. The normalized spacial score (nSPS) is 25.0. The third-order valence-electron chi connectivity index (χ3n) is 4.14. The maximum absolute atomic E-state index is 12.9.